The standard InChI is InChI=1S/C51H87N7O18/c1-27(2)70-43(65)56-29-18-17-28(22-52-24-51(19-20-51)25-54-42(64)74-47(6,7)8)71-36(29)33-30(57-44(66)75-48(9,10)11)21-31(55-39(62)32(59)23-53-41(63)73-46(3,4)5)37(34(33)60)72-40-35(61)38(50(15,68)26-69-40)58(16)45(67)76-49(12,13)14/h17,29-38,40,52,59-61,68H,1,18-26H2,2-16H3,(H,53,63)(H,54,64)(H,55,62)(H,56,65)(H,57,66)/t29-,30+,31-,32+,33-,34+,35-,36?,37+,38-,40-,50+/m1/s1. The highest BCUT2D eigenvalue weighted by Gasteiger charge is 2.57. The number of alkyl carbamates (subject to hydrolysis) is 4. The fourth-order valence-corrected chi connectivity index (χ4v) is 9.06. The lowest BCUT2D eigenvalue weighted by Crippen LogP contribution is -2.71. The van der Waals surface area contributed by atoms with E-state index in [0.717, 1.165) is 17.7 Å². The van der Waals surface area contributed by atoms with Gasteiger partial charge in [0.15, 0.2) is 6.29 Å². The Balaban J connectivity index is 1.76. The van der Waals surface area contributed by atoms with Crippen LogP contribution in [0.2, 0.25) is 0 Å². The molecule has 2 aliphatic heterocycles. The zero-order valence-electron chi connectivity index (χ0n) is 47.0. The molecule has 2 saturated carbocycles. The number of amides is 6. The Labute approximate surface area is 446 Å². The van der Waals surface area contributed by atoms with E-state index in [4.69, 9.17) is 37.9 Å². The molecule has 2 heterocycles. The average molecular weight is 1090 g/mol. The molecule has 434 valence electrons. The van der Waals surface area contributed by atoms with Crippen LogP contribution in [0.3, 0.4) is 0 Å². The highest BCUT2D eigenvalue weighted by Crippen LogP contribution is 2.45. The van der Waals surface area contributed by atoms with E-state index in [-0.39, 0.29) is 30.6 Å². The van der Waals surface area contributed by atoms with Gasteiger partial charge in [-0.3, -0.25) is 4.79 Å². The Bertz CT molecular complexity index is 2090. The van der Waals surface area contributed by atoms with Crippen LogP contribution < -0.4 is 31.9 Å². The molecular weight excluding hydrogens is 999 g/mol. The predicted octanol–water partition coefficient (Wildman–Crippen LogP) is 2.92. The van der Waals surface area contributed by atoms with Crippen LogP contribution in [0.25, 0.3) is 0 Å². The Morgan fingerprint density at radius 2 is 1.33 bits per heavy atom. The van der Waals surface area contributed by atoms with Gasteiger partial charge in [0.1, 0.15) is 58.2 Å². The highest BCUT2D eigenvalue weighted by atomic mass is 16.7. The Hall–Kier alpha value is -5.18. The van der Waals surface area contributed by atoms with Crippen LogP contribution in [-0.4, -0.2) is 191 Å². The monoisotopic (exact) mass is 1090 g/mol. The Morgan fingerprint density at radius 1 is 0.776 bits per heavy atom. The first-order chi connectivity index (χ1) is 34.8. The number of allylic oxidation sites excluding steroid dienone is 1. The quantitative estimate of drug-likeness (QED) is 0.0739. The van der Waals surface area contributed by atoms with Gasteiger partial charge in [-0.25, -0.2) is 24.0 Å². The molecule has 25 nitrogen and oxygen atoms in total. The lowest BCUT2D eigenvalue weighted by Gasteiger charge is -2.52. The molecule has 4 aliphatic rings. The average Bonchev–Trinajstić information content (AvgIpc) is 4.01. The summed E-state index contributed by atoms with van der Waals surface area (Å²) >= 11 is 0. The van der Waals surface area contributed by atoms with E-state index in [1.807, 2.05) is 0 Å². The van der Waals surface area contributed by atoms with E-state index in [1.165, 1.54) is 20.9 Å². The van der Waals surface area contributed by atoms with E-state index in [1.54, 1.807) is 89.2 Å². The van der Waals surface area contributed by atoms with E-state index >= 15 is 0 Å². The summed E-state index contributed by atoms with van der Waals surface area (Å²) in [4.78, 5) is 80.4. The second kappa shape index (κ2) is 25.1. The van der Waals surface area contributed by atoms with E-state index < -0.39 is 144 Å². The molecule has 25 heteroatoms. The number of likely N-dealkylation sites (N-methyl/N-ethyl adjacent to an activating group) is 1. The molecule has 4 rings (SSSR count). The summed E-state index contributed by atoms with van der Waals surface area (Å²) in [6.45, 7) is 26.3. The van der Waals surface area contributed by atoms with Gasteiger partial charge >= 0.3 is 30.5 Å². The number of nitrogens with one attached hydrogen (secondary N) is 6. The minimum atomic E-state index is -1.91. The summed E-state index contributed by atoms with van der Waals surface area (Å²) in [5.41, 5.74) is -5.71. The van der Waals surface area contributed by atoms with E-state index in [0.29, 0.717) is 18.8 Å². The summed E-state index contributed by atoms with van der Waals surface area (Å²) in [6.07, 6.45) is -11.2. The van der Waals surface area contributed by atoms with Gasteiger partial charge < -0.3 is 95.1 Å². The van der Waals surface area contributed by atoms with Crippen LogP contribution in [-0.2, 0) is 42.7 Å². The lowest BCUT2D eigenvalue weighted by atomic mass is 9.72. The van der Waals surface area contributed by atoms with Crippen molar-refractivity contribution in [1.29, 1.82) is 0 Å². The van der Waals surface area contributed by atoms with Crippen molar-refractivity contribution in [2.24, 2.45) is 11.3 Å². The van der Waals surface area contributed by atoms with Crippen molar-refractivity contribution in [2.75, 3.05) is 39.8 Å². The lowest BCUT2D eigenvalue weighted by molar-refractivity contribution is -0.305. The zero-order valence-corrected chi connectivity index (χ0v) is 47.0. The van der Waals surface area contributed by atoms with Crippen molar-refractivity contribution in [2.45, 2.75) is 212 Å². The molecule has 0 spiro atoms. The van der Waals surface area contributed by atoms with Crippen molar-refractivity contribution >= 4 is 36.4 Å². The molecule has 1 unspecified atom stereocenters. The molecular formula is C51H87N7O18. The van der Waals surface area contributed by atoms with Crippen LogP contribution in [0, 0.1) is 11.3 Å². The van der Waals surface area contributed by atoms with Crippen LogP contribution in [0.5, 0.6) is 0 Å². The van der Waals surface area contributed by atoms with Crippen molar-refractivity contribution in [3.8, 4) is 0 Å². The van der Waals surface area contributed by atoms with Crippen LogP contribution in [0.15, 0.2) is 24.2 Å². The molecule has 0 aromatic carbocycles. The van der Waals surface area contributed by atoms with Gasteiger partial charge in [0.25, 0.3) is 5.91 Å². The summed E-state index contributed by atoms with van der Waals surface area (Å²) in [5, 5.41) is 64.5. The normalized spacial score (nSPS) is 28.9. The number of rotatable bonds is 17. The SMILES string of the molecule is C=C(C)OC(=O)N[C@@H]1CC=C(CNCC2(CNC(=O)OC(C)(C)C)CC2)OC1[C@H]1[C@H](O)[C@@H](O[C@H]2OC[C@](C)(O)[C@H](N(C)C(=O)OC(C)(C)C)[C@H]2O)[C@H](NC(=O)[C@@H](O)CNC(=O)OC(C)(C)C)C[C@@H]1NC(=O)OC(C)(C)C. The number of hydrogen-bond donors (Lipinski definition) is 10. The largest absolute Gasteiger partial charge is 0.491 e. The van der Waals surface area contributed by atoms with Gasteiger partial charge in [-0.1, -0.05) is 6.58 Å². The minimum Gasteiger partial charge on any atom is -0.491 e. The Kier molecular flexibility index (Phi) is 20.9. The third kappa shape index (κ3) is 19.7. The second-order valence-electron chi connectivity index (χ2n) is 24.5. The molecule has 0 bridgehead atoms. The maximum atomic E-state index is 13.9. The molecule has 1 saturated heterocycles. The van der Waals surface area contributed by atoms with Crippen LogP contribution >= 0.6 is 0 Å². The number of aliphatic hydroxyl groups is 4. The third-order valence-corrected chi connectivity index (χ3v) is 12.4. The summed E-state index contributed by atoms with van der Waals surface area (Å²) < 4.78 is 46.3. The van der Waals surface area contributed by atoms with Gasteiger partial charge in [-0.2, -0.15) is 0 Å². The van der Waals surface area contributed by atoms with Gasteiger partial charge in [0.2, 0.25) is 0 Å². The van der Waals surface area contributed by atoms with E-state index in [9.17, 15) is 49.2 Å². The van der Waals surface area contributed by atoms with Crippen molar-refractivity contribution < 1.29 is 87.1 Å². The van der Waals surface area contributed by atoms with Crippen molar-refractivity contribution in [3.05, 3.63) is 24.2 Å². The van der Waals surface area contributed by atoms with Gasteiger partial charge in [0.05, 0.1) is 49.7 Å². The van der Waals surface area contributed by atoms with Gasteiger partial charge in [-0.15, -0.1) is 0 Å². The third-order valence-electron chi connectivity index (χ3n) is 12.4. The first-order valence-electron chi connectivity index (χ1n) is 25.7. The smallest absolute Gasteiger partial charge is 0.412 e. The fraction of sp³-hybridized carbons (Fsp3) is 0.804. The maximum absolute atomic E-state index is 13.9. The van der Waals surface area contributed by atoms with Gasteiger partial charge in [0, 0.05) is 37.5 Å². The summed E-state index contributed by atoms with van der Waals surface area (Å²) in [6, 6.07) is -5.01. The molecule has 0 aromatic rings. The molecule has 0 aromatic heterocycles. The molecule has 12 atom stereocenters. The predicted molar refractivity (Wildman–Crippen MR) is 273 cm³/mol. The Morgan fingerprint density at radius 3 is 1.88 bits per heavy atom. The number of hydrogen-bond acceptors (Lipinski definition) is 19. The van der Waals surface area contributed by atoms with Crippen molar-refractivity contribution in [1.82, 2.24) is 36.8 Å². The number of aliphatic hydroxyl groups excluding tert-OH is 3. The highest BCUT2D eigenvalue weighted by molar-refractivity contribution is 5.82. The molecule has 76 heavy (non-hydrogen) atoms. The molecule has 6 amide bonds. The minimum absolute atomic E-state index is 0.0692. The fourth-order valence-electron chi connectivity index (χ4n) is 9.06. The molecule has 2 aliphatic carbocycles. The first kappa shape index (κ1) is 63.4. The van der Waals surface area contributed by atoms with E-state index in [2.05, 4.69) is 38.5 Å². The molecule has 0 radical (unpaired) electrons. The maximum Gasteiger partial charge on any atom is 0.412 e. The second-order valence-corrected chi connectivity index (χ2v) is 24.5. The number of carbonyl (C=O) groups excluding carboxylic acids is 6. The molecule has 3 fully saturated rings. The van der Waals surface area contributed by atoms with Crippen molar-refractivity contribution in [3.63, 3.8) is 0 Å². The topological polar surface area (TPSA) is 333 Å². The summed E-state index contributed by atoms with van der Waals surface area (Å²) in [7, 11) is 1.31. The molecule has 10 N–H and O–H groups in total. The number of nitrogens with zero attached hydrogens (tertiary/aromatic N) is 1. The van der Waals surface area contributed by atoms with Crippen LogP contribution in [0.4, 0.5) is 24.0 Å². The number of ether oxygens (including phenoxy) is 8. The first-order valence-corrected chi connectivity index (χ1v) is 25.7. The zero-order chi connectivity index (χ0) is 57.5. The van der Waals surface area contributed by atoms with Gasteiger partial charge in [-0.05, 0) is 129 Å². The summed E-state index contributed by atoms with van der Waals surface area (Å²) in [5.74, 6) is -1.90. The number of carbonyl (C=O) groups is 6. The van der Waals surface area contributed by atoms with Crippen LogP contribution in [0.1, 0.15) is 123 Å².